The molecule has 4 aliphatic carbocycles. The molecule has 1 heterocycles. The average molecular weight is 448 g/mol. The summed E-state index contributed by atoms with van der Waals surface area (Å²) in [6, 6.07) is 1.74. The number of phenols is 1. The largest absolute Gasteiger partial charge is 0.506 e. The van der Waals surface area contributed by atoms with Gasteiger partial charge in [-0.1, -0.05) is 0 Å². The molecule has 1 aliphatic heterocycles. The summed E-state index contributed by atoms with van der Waals surface area (Å²) in [4.78, 5) is 28.7. The summed E-state index contributed by atoms with van der Waals surface area (Å²) in [5, 5.41) is 12.8. The van der Waals surface area contributed by atoms with Crippen LogP contribution in [0.3, 0.4) is 0 Å². The van der Waals surface area contributed by atoms with E-state index < -0.39 is 11.6 Å². The minimum Gasteiger partial charge on any atom is -0.506 e. The zero-order valence-corrected chi connectivity index (χ0v) is 18.3. The van der Waals surface area contributed by atoms with Crippen molar-refractivity contribution in [2.24, 2.45) is 23.2 Å². The molecule has 1 saturated heterocycles. The van der Waals surface area contributed by atoms with Crippen LogP contribution in [0.5, 0.6) is 5.75 Å². The molecule has 6 nitrogen and oxygen atoms in total. The van der Waals surface area contributed by atoms with Crippen molar-refractivity contribution in [3.8, 4) is 5.75 Å². The van der Waals surface area contributed by atoms with Crippen LogP contribution < -0.4 is 10.2 Å². The SMILES string of the molecule is O=C(CC12CC3CC(CC(C3)C1)C2)NCC(=O)N1CCN(c2cc(F)c(F)cc2O)CC1. The Morgan fingerprint density at radius 3 is 2.12 bits per heavy atom. The summed E-state index contributed by atoms with van der Waals surface area (Å²) in [5.41, 5.74) is 0.375. The van der Waals surface area contributed by atoms with Crippen molar-refractivity contribution in [1.29, 1.82) is 0 Å². The first-order valence-electron chi connectivity index (χ1n) is 11.8. The normalized spacial score (nSPS) is 31.1. The highest BCUT2D eigenvalue weighted by Gasteiger charge is 2.51. The van der Waals surface area contributed by atoms with Crippen molar-refractivity contribution in [2.45, 2.75) is 44.9 Å². The second kappa shape index (κ2) is 8.19. The summed E-state index contributed by atoms with van der Waals surface area (Å²) < 4.78 is 26.8. The Balaban J connectivity index is 1.10. The van der Waals surface area contributed by atoms with Crippen LogP contribution in [-0.4, -0.2) is 54.5 Å². The lowest BCUT2D eigenvalue weighted by atomic mass is 9.49. The quantitative estimate of drug-likeness (QED) is 0.728. The molecule has 5 aliphatic rings. The first kappa shape index (κ1) is 21.5. The monoisotopic (exact) mass is 447 g/mol. The van der Waals surface area contributed by atoms with Gasteiger partial charge in [-0.15, -0.1) is 0 Å². The molecule has 5 fully saturated rings. The van der Waals surface area contributed by atoms with Gasteiger partial charge in [0.05, 0.1) is 12.2 Å². The first-order chi connectivity index (χ1) is 15.3. The number of nitrogens with one attached hydrogen (secondary N) is 1. The van der Waals surface area contributed by atoms with Gasteiger partial charge in [-0.3, -0.25) is 9.59 Å². The Labute approximate surface area is 186 Å². The van der Waals surface area contributed by atoms with Crippen molar-refractivity contribution in [3.05, 3.63) is 23.8 Å². The standard InChI is InChI=1S/C24H31F2N3O3/c25-18-8-20(21(30)9-19(18)26)28-1-3-29(4-2-28)23(32)14-27-22(31)13-24-10-15-5-16(11-24)7-17(6-15)12-24/h8-9,15-17,30H,1-7,10-14H2,(H,27,31). The number of anilines is 1. The van der Waals surface area contributed by atoms with Crippen molar-refractivity contribution in [2.75, 3.05) is 37.6 Å². The van der Waals surface area contributed by atoms with E-state index in [2.05, 4.69) is 5.32 Å². The number of hydrogen-bond donors (Lipinski definition) is 2. The van der Waals surface area contributed by atoms with Gasteiger partial charge in [-0.2, -0.15) is 0 Å². The fourth-order valence-electron chi connectivity index (χ4n) is 7.17. The van der Waals surface area contributed by atoms with Gasteiger partial charge < -0.3 is 20.2 Å². The van der Waals surface area contributed by atoms with Crippen molar-refractivity contribution in [3.63, 3.8) is 0 Å². The molecule has 0 aromatic heterocycles. The van der Waals surface area contributed by atoms with Crippen LogP contribution in [0.4, 0.5) is 14.5 Å². The third-order valence-electron chi connectivity index (χ3n) is 8.13. The number of halogens is 2. The van der Waals surface area contributed by atoms with E-state index in [1.165, 1.54) is 38.5 Å². The lowest BCUT2D eigenvalue weighted by Crippen LogP contribution is -2.52. The average Bonchev–Trinajstić information content (AvgIpc) is 2.73. The first-order valence-corrected chi connectivity index (χ1v) is 11.8. The minimum atomic E-state index is -1.09. The highest BCUT2D eigenvalue weighted by molar-refractivity contribution is 5.85. The van der Waals surface area contributed by atoms with E-state index in [0.29, 0.717) is 32.6 Å². The zero-order chi connectivity index (χ0) is 22.5. The van der Waals surface area contributed by atoms with Gasteiger partial charge in [0.25, 0.3) is 0 Å². The maximum Gasteiger partial charge on any atom is 0.242 e. The van der Waals surface area contributed by atoms with E-state index in [-0.39, 0.29) is 35.2 Å². The van der Waals surface area contributed by atoms with Gasteiger partial charge in [-0.05, 0) is 61.7 Å². The van der Waals surface area contributed by atoms with Gasteiger partial charge in [0.2, 0.25) is 11.8 Å². The van der Waals surface area contributed by atoms with Gasteiger partial charge in [0.1, 0.15) is 5.75 Å². The summed E-state index contributed by atoms with van der Waals surface area (Å²) in [6.45, 7) is 1.56. The van der Waals surface area contributed by atoms with Crippen LogP contribution in [0, 0.1) is 34.8 Å². The summed E-state index contributed by atoms with van der Waals surface area (Å²) in [7, 11) is 0. The summed E-state index contributed by atoms with van der Waals surface area (Å²) in [5.74, 6) is -0.213. The second-order valence-electron chi connectivity index (χ2n) is 10.5. The molecule has 1 aromatic carbocycles. The van der Waals surface area contributed by atoms with E-state index in [1.807, 2.05) is 0 Å². The Bertz CT molecular complexity index is 879. The molecule has 4 saturated carbocycles. The number of rotatable bonds is 5. The molecule has 0 unspecified atom stereocenters. The molecule has 174 valence electrons. The molecule has 0 atom stereocenters. The molecule has 0 spiro atoms. The third kappa shape index (κ3) is 4.16. The van der Waals surface area contributed by atoms with Crippen LogP contribution in [0.15, 0.2) is 12.1 Å². The van der Waals surface area contributed by atoms with Crippen molar-refractivity contribution < 1.29 is 23.5 Å². The van der Waals surface area contributed by atoms with Gasteiger partial charge in [0.15, 0.2) is 11.6 Å². The van der Waals surface area contributed by atoms with Crippen LogP contribution >= 0.6 is 0 Å². The molecule has 0 radical (unpaired) electrons. The Hall–Kier alpha value is -2.38. The fourth-order valence-corrected chi connectivity index (χ4v) is 7.17. The second-order valence-corrected chi connectivity index (χ2v) is 10.5. The molecule has 2 N–H and O–H groups in total. The number of benzene rings is 1. The number of aromatic hydroxyl groups is 1. The number of amides is 2. The predicted octanol–water partition coefficient (Wildman–Crippen LogP) is 3.04. The van der Waals surface area contributed by atoms with Gasteiger partial charge in [-0.25, -0.2) is 8.78 Å². The minimum absolute atomic E-state index is 0.0123. The summed E-state index contributed by atoms with van der Waals surface area (Å²) in [6.07, 6.45) is 8.05. The highest BCUT2D eigenvalue weighted by Crippen LogP contribution is 2.61. The number of hydrogen-bond acceptors (Lipinski definition) is 4. The van der Waals surface area contributed by atoms with Crippen LogP contribution in [0.25, 0.3) is 0 Å². The predicted molar refractivity (Wildman–Crippen MR) is 115 cm³/mol. The van der Waals surface area contributed by atoms with Crippen LogP contribution in [0.1, 0.15) is 44.9 Å². The lowest BCUT2D eigenvalue weighted by molar-refractivity contribution is -0.135. The topological polar surface area (TPSA) is 72.9 Å². The molecular formula is C24H31F2N3O3. The highest BCUT2D eigenvalue weighted by atomic mass is 19.2. The van der Waals surface area contributed by atoms with Crippen molar-refractivity contribution in [1.82, 2.24) is 10.2 Å². The Morgan fingerprint density at radius 2 is 1.53 bits per heavy atom. The molecule has 1 aromatic rings. The number of carbonyl (C=O) groups is 2. The van der Waals surface area contributed by atoms with E-state index in [1.54, 1.807) is 9.80 Å². The number of phenolic OH excluding ortho intramolecular Hbond substituents is 1. The van der Waals surface area contributed by atoms with Crippen LogP contribution in [-0.2, 0) is 9.59 Å². The molecular weight excluding hydrogens is 416 g/mol. The molecule has 2 amide bonds. The Kier molecular flexibility index (Phi) is 5.50. The maximum absolute atomic E-state index is 13.5. The van der Waals surface area contributed by atoms with Crippen LogP contribution in [0.2, 0.25) is 0 Å². The lowest BCUT2D eigenvalue weighted by Gasteiger charge is -2.56. The smallest absolute Gasteiger partial charge is 0.242 e. The number of piperazine rings is 1. The molecule has 8 heteroatoms. The summed E-state index contributed by atoms with van der Waals surface area (Å²) >= 11 is 0. The number of nitrogens with zero attached hydrogens (tertiary/aromatic N) is 2. The molecule has 6 rings (SSSR count). The third-order valence-corrected chi connectivity index (χ3v) is 8.13. The van der Waals surface area contributed by atoms with Gasteiger partial charge >= 0.3 is 0 Å². The van der Waals surface area contributed by atoms with Gasteiger partial charge in [0, 0.05) is 44.7 Å². The van der Waals surface area contributed by atoms with E-state index in [0.717, 1.165) is 29.9 Å². The zero-order valence-electron chi connectivity index (χ0n) is 18.3. The number of carbonyl (C=O) groups excluding carboxylic acids is 2. The van der Waals surface area contributed by atoms with E-state index >= 15 is 0 Å². The maximum atomic E-state index is 13.5. The Morgan fingerprint density at radius 1 is 0.969 bits per heavy atom. The fraction of sp³-hybridized carbons (Fsp3) is 0.667. The molecule has 4 bridgehead atoms. The van der Waals surface area contributed by atoms with Crippen molar-refractivity contribution >= 4 is 17.5 Å². The molecule has 32 heavy (non-hydrogen) atoms. The van der Waals surface area contributed by atoms with E-state index in [9.17, 15) is 23.5 Å². The van der Waals surface area contributed by atoms with E-state index in [4.69, 9.17) is 0 Å².